The Morgan fingerprint density at radius 2 is 1.93 bits per heavy atom. The van der Waals surface area contributed by atoms with Crippen molar-refractivity contribution in [1.29, 1.82) is 0 Å². The number of rotatable bonds is 3. The van der Waals surface area contributed by atoms with Crippen LogP contribution in [-0.4, -0.2) is 16.9 Å². The molecule has 0 atom stereocenters. The second kappa shape index (κ2) is 8.58. The minimum absolute atomic E-state index is 0.0912. The van der Waals surface area contributed by atoms with Crippen LogP contribution in [0.5, 0.6) is 0 Å². The van der Waals surface area contributed by atoms with E-state index in [1.165, 1.54) is 11.3 Å². The third-order valence-electron chi connectivity index (χ3n) is 3.82. The number of thiazole rings is 1. The fourth-order valence-corrected chi connectivity index (χ4v) is 3.58. The molecule has 0 aliphatic heterocycles. The molecule has 0 unspecified atom stereocenters. The van der Waals surface area contributed by atoms with Crippen LogP contribution in [0.1, 0.15) is 35.5 Å². The van der Waals surface area contributed by atoms with Crippen LogP contribution in [0, 0.1) is 11.8 Å². The van der Waals surface area contributed by atoms with Crippen LogP contribution in [0.25, 0.3) is 0 Å². The standard InChI is InChI=1S/C21H16Cl2N2OS/c1-14(2)25(21(26)18-10-8-16(22)11-19(18)23)20-6-4-3-5-15(20)7-9-17-12-27-13-24-17/h3-6,8,10-14H,1-2H3. The average Bonchev–Trinajstić information content (AvgIpc) is 3.14. The molecule has 0 saturated heterocycles. The molecule has 3 rings (SSSR count). The summed E-state index contributed by atoms with van der Waals surface area (Å²) < 4.78 is 0. The normalized spacial score (nSPS) is 10.4. The van der Waals surface area contributed by atoms with Crippen molar-refractivity contribution in [2.45, 2.75) is 19.9 Å². The van der Waals surface area contributed by atoms with Crippen molar-refractivity contribution in [1.82, 2.24) is 4.98 Å². The lowest BCUT2D eigenvalue weighted by atomic mass is 10.1. The summed E-state index contributed by atoms with van der Waals surface area (Å²) in [7, 11) is 0. The van der Waals surface area contributed by atoms with Crippen molar-refractivity contribution in [3.05, 3.63) is 80.2 Å². The molecule has 0 aliphatic rings. The predicted octanol–water partition coefficient (Wildman–Crippen LogP) is 5.90. The fraction of sp³-hybridized carbons (Fsp3) is 0.143. The minimum atomic E-state index is -0.199. The zero-order valence-electron chi connectivity index (χ0n) is 14.7. The van der Waals surface area contributed by atoms with Gasteiger partial charge in [0.25, 0.3) is 5.91 Å². The lowest BCUT2D eigenvalue weighted by molar-refractivity contribution is 0.0980. The number of carbonyl (C=O) groups excluding carboxylic acids is 1. The summed E-state index contributed by atoms with van der Waals surface area (Å²) in [5.41, 5.74) is 4.32. The first-order valence-corrected chi connectivity index (χ1v) is 9.95. The number of nitrogens with zero attached hydrogens (tertiary/aromatic N) is 2. The van der Waals surface area contributed by atoms with Gasteiger partial charge in [-0.1, -0.05) is 41.3 Å². The van der Waals surface area contributed by atoms with Crippen molar-refractivity contribution in [3.63, 3.8) is 0 Å². The Balaban J connectivity index is 2.04. The molecule has 1 heterocycles. The number of halogens is 2. The monoisotopic (exact) mass is 414 g/mol. The quantitative estimate of drug-likeness (QED) is 0.499. The first-order chi connectivity index (χ1) is 13.0. The molecular formula is C21H16Cl2N2OS. The number of anilines is 1. The fourth-order valence-electron chi connectivity index (χ4n) is 2.61. The highest BCUT2D eigenvalue weighted by atomic mass is 35.5. The summed E-state index contributed by atoms with van der Waals surface area (Å²) in [6, 6.07) is 12.3. The summed E-state index contributed by atoms with van der Waals surface area (Å²) in [5.74, 6) is 5.97. The smallest absolute Gasteiger partial charge is 0.260 e. The molecule has 0 radical (unpaired) electrons. The largest absolute Gasteiger partial charge is 0.305 e. The van der Waals surface area contributed by atoms with E-state index in [4.69, 9.17) is 23.2 Å². The van der Waals surface area contributed by atoms with E-state index in [2.05, 4.69) is 16.8 Å². The lowest BCUT2D eigenvalue weighted by Gasteiger charge is -2.28. The summed E-state index contributed by atoms with van der Waals surface area (Å²) in [6.45, 7) is 3.90. The van der Waals surface area contributed by atoms with E-state index in [9.17, 15) is 4.79 Å². The Kier molecular flexibility index (Phi) is 6.18. The molecule has 0 aliphatic carbocycles. The van der Waals surface area contributed by atoms with Gasteiger partial charge in [-0.15, -0.1) is 11.3 Å². The second-order valence-corrected chi connectivity index (χ2v) is 7.60. The van der Waals surface area contributed by atoms with Crippen LogP contribution in [0.3, 0.4) is 0 Å². The molecular weight excluding hydrogens is 399 g/mol. The number of hydrogen-bond acceptors (Lipinski definition) is 3. The molecule has 3 aromatic rings. The van der Waals surface area contributed by atoms with Crippen molar-refractivity contribution in [2.24, 2.45) is 0 Å². The predicted molar refractivity (Wildman–Crippen MR) is 113 cm³/mol. The molecule has 6 heteroatoms. The summed E-state index contributed by atoms with van der Waals surface area (Å²) in [6.07, 6.45) is 0. The first kappa shape index (κ1) is 19.4. The van der Waals surface area contributed by atoms with E-state index in [1.807, 2.05) is 43.5 Å². The van der Waals surface area contributed by atoms with E-state index in [-0.39, 0.29) is 11.9 Å². The first-order valence-electron chi connectivity index (χ1n) is 8.25. The van der Waals surface area contributed by atoms with Gasteiger partial charge in [0.2, 0.25) is 0 Å². The van der Waals surface area contributed by atoms with Crippen LogP contribution in [-0.2, 0) is 0 Å². The number of aromatic nitrogens is 1. The molecule has 0 saturated carbocycles. The molecule has 1 amide bonds. The van der Waals surface area contributed by atoms with E-state index in [1.54, 1.807) is 28.6 Å². The number of hydrogen-bond donors (Lipinski definition) is 0. The van der Waals surface area contributed by atoms with Gasteiger partial charge in [-0.25, -0.2) is 4.98 Å². The SMILES string of the molecule is CC(C)N(C(=O)c1ccc(Cl)cc1Cl)c1ccccc1C#Cc1cscn1. The molecule has 0 bridgehead atoms. The van der Waals surface area contributed by atoms with Crippen molar-refractivity contribution in [3.8, 4) is 11.8 Å². The molecule has 2 aromatic carbocycles. The number of carbonyl (C=O) groups is 1. The lowest BCUT2D eigenvalue weighted by Crippen LogP contribution is -2.37. The van der Waals surface area contributed by atoms with Crippen LogP contribution in [0.4, 0.5) is 5.69 Å². The van der Waals surface area contributed by atoms with Gasteiger partial charge in [0.15, 0.2) is 0 Å². The highest BCUT2D eigenvalue weighted by molar-refractivity contribution is 7.07. The van der Waals surface area contributed by atoms with Crippen molar-refractivity contribution >= 4 is 46.1 Å². The third kappa shape index (κ3) is 4.51. The van der Waals surface area contributed by atoms with E-state index in [0.717, 1.165) is 11.3 Å². The molecule has 136 valence electrons. The Hall–Kier alpha value is -2.32. The number of para-hydroxylation sites is 1. The zero-order valence-corrected chi connectivity index (χ0v) is 17.1. The third-order valence-corrected chi connectivity index (χ3v) is 4.95. The molecule has 1 aromatic heterocycles. The Morgan fingerprint density at radius 1 is 1.15 bits per heavy atom. The molecule has 3 nitrogen and oxygen atoms in total. The topological polar surface area (TPSA) is 33.2 Å². The van der Waals surface area contributed by atoms with Gasteiger partial charge >= 0.3 is 0 Å². The van der Waals surface area contributed by atoms with Gasteiger partial charge in [0.1, 0.15) is 5.69 Å². The van der Waals surface area contributed by atoms with Gasteiger partial charge in [-0.3, -0.25) is 4.79 Å². The van der Waals surface area contributed by atoms with Gasteiger partial charge in [0.05, 0.1) is 21.8 Å². The van der Waals surface area contributed by atoms with Gasteiger partial charge in [-0.05, 0) is 50.1 Å². The molecule has 0 fully saturated rings. The maximum atomic E-state index is 13.2. The molecule has 0 N–H and O–H groups in total. The van der Waals surface area contributed by atoms with Gasteiger partial charge < -0.3 is 4.90 Å². The van der Waals surface area contributed by atoms with Crippen LogP contribution in [0.2, 0.25) is 10.0 Å². The highest BCUT2D eigenvalue weighted by Gasteiger charge is 2.24. The van der Waals surface area contributed by atoms with Gasteiger partial charge in [-0.2, -0.15) is 0 Å². The summed E-state index contributed by atoms with van der Waals surface area (Å²) in [5, 5.41) is 2.69. The average molecular weight is 415 g/mol. The number of amides is 1. The summed E-state index contributed by atoms with van der Waals surface area (Å²) in [4.78, 5) is 19.1. The highest BCUT2D eigenvalue weighted by Crippen LogP contribution is 2.28. The van der Waals surface area contributed by atoms with Crippen LogP contribution >= 0.6 is 34.5 Å². The zero-order chi connectivity index (χ0) is 19.4. The molecule has 0 spiro atoms. The minimum Gasteiger partial charge on any atom is -0.305 e. The van der Waals surface area contributed by atoms with Crippen LogP contribution < -0.4 is 4.90 Å². The summed E-state index contributed by atoms with van der Waals surface area (Å²) >= 11 is 13.7. The Labute approximate surface area is 172 Å². The maximum absolute atomic E-state index is 13.2. The number of benzene rings is 2. The van der Waals surface area contributed by atoms with Crippen LogP contribution in [0.15, 0.2) is 53.4 Å². The molecule has 27 heavy (non-hydrogen) atoms. The Bertz CT molecular complexity index is 1020. The van der Waals surface area contributed by atoms with E-state index < -0.39 is 0 Å². The van der Waals surface area contributed by atoms with Crippen molar-refractivity contribution in [2.75, 3.05) is 4.90 Å². The van der Waals surface area contributed by atoms with Gasteiger partial charge in [0, 0.05) is 22.0 Å². The van der Waals surface area contributed by atoms with E-state index >= 15 is 0 Å². The Morgan fingerprint density at radius 3 is 2.59 bits per heavy atom. The van der Waals surface area contributed by atoms with Crippen molar-refractivity contribution < 1.29 is 4.79 Å². The maximum Gasteiger partial charge on any atom is 0.260 e. The van der Waals surface area contributed by atoms with E-state index in [0.29, 0.717) is 21.3 Å². The second-order valence-electron chi connectivity index (χ2n) is 6.03.